The molecular weight excluding hydrogens is 290 g/mol. The molecule has 3 rings (SSSR count). The van der Waals surface area contributed by atoms with Gasteiger partial charge in [-0.2, -0.15) is 0 Å². The number of hydrogen-bond donors (Lipinski definition) is 1. The zero-order chi connectivity index (χ0) is 13.8. The second-order valence-electron chi connectivity index (χ2n) is 4.28. The number of thiazole rings is 1. The first kappa shape index (κ1) is 13.1. The molecule has 1 N–H and O–H groups in total. The number of hydrogen-bond acceptors (Lipinski definition) is 4. The van der Waals surface area contributed by atoms with Crippen LogP contribution < -0.4 is 5.32 Å². The molecule has 20 heavy (non-hydrogen) atoms. The van der Waals surface area contributed by atoms with Crippen molar-refractivity contribution in [3.8, 4) is 0 Å². The van der Waals surface area contributed by atoms with Crippen LogP contribution in [0.25, 0.3) is 0 Å². The third-order valence-corrected chi connectivity index (χ3v) is 3.87. The van der Waals surface area contributed by atoms with Gasteiger partial charge in [0.25, 0.3) is 0 Å². The van der Waals surface area contributed by atoms with Gasteiger partial charge in [0.15, 0.2) is 5.13 Å². The second-order valence-corrected chi connectivity index (χ2v) is 5.83. The summed E-state index contributed by atoms with van der Waals surface area (Å²) < 4.78 is 0. The summed E-state index contributed by atoms with van der Waals surface area (Å²) in [6, 6.07) is 13.6. The minimum absolute atomic E-state index is 0.763. The maximum Gasteiger partial charge on any atom is 0.188 e. The highest BCUT2D eigenvalue weighted by Gasteiger charge is 2.04. The van der Waals surface area contributed by atoms with E-state index in [1.807, 2.05) is 42.6 Å². The van der Waals surface area contributed by atoms with Crippen molar-refractivity contribution in [2.75, 3.05) is 5.32 Å². The molecule has 0 aliphatic carbocycles. The van der Waals surface area contributed by atoms with E-state index < -0.39 is 0 Å². The summed E-state index contributed by atoms with van der Waals surface area (Å²) in [6.45, 7) is 0. The predicted octanol–water partition coefficient (Wildman–Crippen LogP) is 4.53. The smallest absolute Gasteiger partial charge is 0.188 e. The fourth-order valence-corrected chi connectivity index (χ4v) is 2.91. The van der Waals surface area contributed by atoms with Crippen molar-refractivity contribution in [2.45, 2.75) is 6.42 Å². The maximum atomic E-state index is 5.99. The van der Waals surface area contributed by atoms with Gasteiger partial charge in [-0.15, -0.1) is 11.3 Å². The van der Waals surface area contributed by atoms with Crippen molar-refractivity contribution in [2.24, 2.45) is 0 Å². The average Bonchev–Trinajstić information content (AvgIpc) is 2.87. The van der Waals surface area contributed by atoms with Crippen molar-refractivity contribution < 1.29 is 0 Å². The molecule has 0 spiro atoms. The summed E-state index contributed by atoms with van der Waals surface area (Å²) in [4.78, 5) is 9.77. The first-order chi connectivity index (χ1) is 9.79. The number of halogens is 1. The van der Waals surface area contributed by atoms with E-state index in [1.54, 1.807) is 17.5 Å². The molecule has 0 amide bonds. The van der Waals surface area contributed by atoms with Crippen LogP contribution in [0.1, 0.15) is 10.4 Å². The number of rotatable bonds is 4. The summed E-state index contributed by atoms with van der Waals surface area (Å²) in [6.07, 6.45) is 4.47. The van der Waals surface area contributed by atoms with Gasteiger partial charge in [0.2, 0.25) is 0 Å². The Kier molecular flexibility index (Phi) is 3.95. The van der Waals surface area contributed by atoms with Gasteiger partial charge in [-0.05, 0) is 29.8 Å². The van der Waals surface area contributed by atoms with E-state index in [0.717, 1.165) is 22.4 Å². The van der Waals surface area contributed by atoms with Crippen LogP contribution in [0.2, 0.25) is 5.02 Å². The number of nitrogens with one attached hydrogen (secondary N) is 1. The third-order valence-electron chi connectivity index (χ3n) is 2.72. The van der Waals surface area contributed by atoms with Gasteiger partial charge < -0.3 is 5.32 Å². The molecule has 0 unspecified atom stereocenters. The van der Waals surface area contributed by atoms with Crippen LogP contribution >= 0.6 is 22.9 Å². The normalized spacial score (nSPS) is 10.4. The van der Waals surface area contributed by atoms with Gasteiger partial charge in [-0.25, -0.2) is 9.97 Å². The van der Waals surface area contributed by atoms with Crippen molar-refractivity contribution >= 4 is 33.9 Å². The third kappa shape index (κ3) is 3.35. The van der Waals surface area contributed by atoms with E-state index in [4.69, 9.17) is 11.6 Å². The maximum absolute atomic E-state index is 5.99. The number of anilines is 2. The Morgan fingerprint density at radius 2 is 2.05 bits per heavy atom. The highest BCUT2D eigenvalue weighted by molar-refractivity contribution is 7.15. The quantitative estimate of drug-likeness (QED) is 0.769. The Morgan fingerprint density at radius 1 is 1.10 bits per heavy atom. The van der Waals surface area contributed by atoms with Crippen LogP contribution in [0.5, 0.6) is 0 Å². The SMILES string of the molecule is Clc1cccc(Cc2cnc(Nc3ccccn3)s2)c1. The highest BCUT2D eigenvalue weighted by atomic mass is 35.5. The van der Waals surface area contributed by atoms with Gasteiger partial charge in [0.05, 0.1) is 0 Å². The molecule has 2 aromatic heterocycles. The molecule has 100 valence electrons. The predicted molar refractivity (Wildman–Crippen MR) is 83.9 cm³/mol. The molecule has 0 saturated heterocycles. The Balaban J connectivity index is 1.71. The lowest BCUT2D eigenvalue weighted by Crippen LogP contribution is -1.90. The van der Waals surface area contributed by atoms with Gasteiger partial charge in [-0.3, -0.25) is 0 Å². The Labute approximate surface area is 126 Å². The largest absolute Gasteiger partial charge is 0.316 e. The van der Waals surface area contributed by atoms with Gasteiger partial charge >= 0.3 is 0 Å². The molecular formula is C15H12ClN3S. The van der Waals surface area contributed by atoms with Crippen LogP contribution in [0, 0.1) is 0 Å². The zero-order valence-corrected chi connectivity index (χ0v) is 12.2. The molecule has 3 nitrogen and oxygen atoms in total. The van der Waals surface area contributed by atoms with Crippen LogP contribution in [-0.2, 0) is 6.42 Å². The first-order valence-corrected chi connectivity index (χ1v) is 7.36. The van der Waals surface area contributed by atoms with E-state index in [9.17, 15) is 0 Å². The van der Waals surface area contributed by atoms with E-state index in [1.165, 1.54) is 10.4 Å². The van der Waals surface area contributed by atoms with Crippen LogP contribution in [0.4, 0.5) is 10.9 Å². The van der Waals surface area contributed by atoms with Crippen LogP contribution in [0.3, 0.4) is 0 Å². The lowest BCUT2D eigenvalue weighted by atomic mass is 10.1. The lowest BCUT2D eigenvalue weighted by molar-refractivity contribution is 1.21. The fourth-order valence-electron chi connectivity index (χ4n) is 1.84. The molecule has 0 aliphatic heterocycles. The van der Waals surface area contributed by atoms with Crippen molar-refractivity contribution in [1.29, 1.82) is 0 Å². The Bertz CT molecular complexity index is 697. The van der Waals surface area contributed by atoms with Crippen molar-refractivity contribution in [3.05, 3.63) is 70.3 Å². The van der Waals surface area contributed by atoms with Crippen LogP contribution in [0.15, 0.2) is 54.9 Å². The molecule has 0 bridgehead atoms. The second kappa shape index (κ2) is 6.03. The number of aromatic nitrogens is 2. The molecule has 0 fully saturated rings. The van der Waals surface area contributed by atoms with Gasteiger partial charge in [0.1, 0.15) is 5.82 Å². The molecule has 1 aromatic carbocycles. The molecule has 2 heterocycles. The van der Waals surface area contributed by atoms with E-state index in [0.29, 0.717) is 0 Å². The zero-order valence-electron chi connectivity index (χ0n) is 10.6. The number of nitrogens with zero attached hydrogens (tertiary/aromatic N) is 2. The number of pyridine rings is 1. The Hall–Kier alpha value is -1.91. The molecule has 0 atom stereocenters. The summed E-state index contributed by atoms with van der Waals surface area (Å²) in [5, 5.41) is 4.80. The van der Waals surface area contributed by atoms with Crippen molar-refractivity contribution in [3.63, 3.8) is 0 Å². The van der Waals surface area contributed by atoms with E-state index >= 15 is 0 Å². The fraction of sp³-hybridized carbons (Fsp3) is 0.0667. The van der Waals surface area contributed by atoms with Gasteiger partial charge in [-0.1, -0.05) is 29.8 Å². The van der Waals surface area contributed by atoms with E-state index in [-0.39, 0.29) is 0 Å². The molecule has 5 heteroatoms. The van der Waals surface area contributed by atoms with E-state index in [2.05, 4.69) is 21.4 Å². The highest BCUT2D eigenvalue weighted by Crippen LogP contribution is 2.24. The standard InChI is InChI=1S/C15H12ClN3S/c16-12-5-3-4-11(8-12)9-13-10-18-15(20-13)19-14-6-1-2-7-17-14/h1-8,10H,9H2,(H,17,18,19). The van der Waals surface area contributed by atoms with Gasteiger partial charge in [0, 0.05) is 28.7 Å². The summed E-state index contributed by atoms with van der Waals surface area (Å²) >= 11 is 7.61. The summed E-state index contributed by atoms with van der Waals surface area (Å²) in [5.74, 6) is 0.802. The number of benzene rings is 1. The minimum Gasteiger partial charge on any atom is -0.316 e. The van der Waals surface area contributed by atoms with Crippen LogP contribution in [-0.4, -0.2) is 9.97 Å². The first-order valence-electron chi connectivity index (χ1n) is 6.17. The Morgan fingerprint density at radius 3 is 2.85 bits per heavy atom. The summed E-state index contributed by atoms with van der Waals surface area (Å²) in [7, 11) is 0. The monoisotopic (exact) mass is 301 g/mol. The molecule has 0 saturated carbocycles. The lowest BCUT2D eigenvalue weighted by Gasteiger charge is -2.00. The molecule has 3 aromatic rings. The molecule has 0 radical (unpaired) electrons. The average molecular weight is 302 g/mol. The minimum atomic E-state index is 0.763. The van der Waals surface area contributed by atoms with Crippen molar-refractivity contribution in [1.82, 2.24) is 9.97 Å². The topological polar surface area (TPSA) is 37.8 Å². The summed E-state index contributed by atoms with van der Waals surface area (Å²) in [5.41, 5.74) is 1.19. The molecule has 0 aliphatic rings.